The van der Waals surface area contributed by atoms with Crippen LogP contribution in [-0.4, -0.2) is 42.2 Å². The Hall–Kier alpha value is -1.86. The average Bonchev–Trinajstić information content (AvgIpc) is 3.22. The summed E-state index contributed by atoms with van der Waals surface area (Å²) >= 11 is 1.54. The second-order valence-electron chi connectivity index (χ2n) is 6.77. The quantitative estimate of drug-likeness (QED) is 0.729. The van der Waals surface area contributed by atoms with Crippen molar-refractivity contribution in [2.75, 3.05) is 13.1 Å². The zero-order valence-electron chi connectivity index (χ0n) is 14.1. The molecule has 0 atom stereocenters. The summed E-state index contributed by atoms with van der Waals surface area (Å²) in [6.07, 6.45) is 4.31. The Morgan fingerprint density at radius 3 is 2.79 bits per heavy atom. The van der Waals surface area contributed by atoms with E-state index in [9.17, 15) is 0 Å². The maximum Gasteiger partial charge on any atom is 0.160 e. The molecular weight excluding hydrogens is 320 g/mol. The Morgan fingerprint density at radius 2 is 2.00 bits per heavy atom. The van der Waals surface area contributed by atoms with Gasteiger partial charge in [-0.25, -0.2) is 0 Å². The number of hydrogen-bond donors (Lipinski definition) is 0. The van der Waals surface area contributed by atoms with Gasteiger partial charge in [-0.15, -0.1) is 15.3 Å². The van der Waals surface area contributed by atoms with Crippen LogP contribution in [0.4, 0.5) is 0 Å². The van der Waals surface area contributed by atoms with E-state index < -0.39 is 0 Å². The third-order valence-electron chi connectivity index (χ3n) is 4.79. The lowest BCUT2D eigenvalue weighted by Gasteiger charge is -2.30. The first kappa shape index (κ1) is 15.7. The van der Waals surface area contributed by atoms with Gasteiger partial charge in [-0.1, -0.05) is 24.4 Å². The van der Waals surface area contributed by atoms with Gasteiger partial charge >= 0.3 is 0 Å². The topological polar surface area (TPSA) is 59.2 Å². The molecule has 0 saturated carbocycles. The van der Waals surface area contributed by atoms with E-state index in [1.807, 2.05) is 18.2 Å². The van der Waals surface area contributed by atoms with Crippen molar-refractivity contribution in [3.63, 3.8) is 0 Å². The molecule has 0 aliphatic carbocycles. The largest absolute Gasteiger partial charge is 0.298 e. The Labute approximate surface area is 145 Å². The molecule has 3 aromatic rings. The van der Waals surface area contributed by atoms with Gasteiger partial charge in [-0.3, -0.25) is 9.30 Å². The number of hydrogen-bond acceptors (Lipinski definition) is 6. The van der Waals surface area contributed by atoms with Gasteiger partial charge in [0.2, 0.25) is 0 Å². The number of likely N-dealkylation sites (tertiary alicyclic amines) is 1. The Balaban J connectivity index is 1.42. The minimum atomic E-state index is 0.443. The van der Waals surface area contributed by atoms with Crippen molar-refractivity contribution in [2.24, 2.45) is 0 Å². The molecule has 24 heavy (non-hydrogen) atoms. The van der Waals surface area contributed by atoms with E-state index in [4.69, 9.17) is 0 Å². The third-order valence-corrected chi connectivity index (χ3v) is 5.51. The van der Waals surface area contributed by atoms with Gasteiger partial charge in [-0.05, 0) is 55.5 Å². The summed E-state index contributed by atoms with van der Waals surface area (Å²) in [5.41, 5.74) is 2.10. The van der Waals surface area contributed by atoms with Crippen LogP contribution < -0.4 is 0 Å². The highest BCUT2D eigenvalue weighted by atomic mass is 32.1. The smallest absolute Gasteiger partial charge is 0.160 e. The Bertz CT molecular complexity index is 815. The number of piperidine rings is 1. The fourth-order valence-electron chi connectivity index (χ4n) is 3.45. The molecule has 0 unspecified atom stereocenters. The van der Waals surface area contributed by atoms with Gasteiger partial charge in [0.05, 0.1) is 10.6 Å². The third kappa shape index (κ3) is 2.93. The van der Waals surface area contributed by atoms with Crippen molar-refractivity contribution < 1.29 is 0 Å². The van der Waals surface area contributed by atoms with Crippen LogP contribution in [0.25, 0.3) is 5.65 Å². The highest BCUT2D eigenvalue weighted by Gasteiger charge is 2.25. The van der Waals surface area contributed by atoms with E-state index in [0.29, 0.717) is 11.8 Å². The SMILES string of the molecule is CC(C)c1nnsc1CN1CCC(c2nnc3ccccn23)CC1. The van der Waals surface area contributed by atoms with Crippen molar-refractivity contribution in [3.8, 4) is 0 Å². The molecule has 7 heteroatoms. The van der Waals surface area contributed by atoms with E-state index in [1.165, 1.54) is 4.88 Å². The predicted octanol–water partition coefficient (Wildman–Crippen LogP) is 3.08. The van der Waals surface area contributed by atoms with Gasteiger partial charge in [0, 0.05) is 18.7 Å². The van der Waals surface area contributed by atoms with Crippen molar-refractivity contribution in [1.82, 2.24) is 29.1 Å². The minimum Gasteiger partial charge on any atom is -0.298 e. The second kappa shape index (κ2) is 6.57. The van der Waals surface area contributed by atoms with E-state index in [2.05, 4.69) is 49.1 Å². The van der Waals surface area contributed by atoms with Crippen molar-refractivity contribution >= 4 is 17.2 Å². The summed E-state index contributed by atoms with van der Waals surface area (Å²) in [4.78, 5) is 3.83. The fourth-order valence-corrected chi connectivity index (χ4v) is 4.29. The first-order valence-electron chi connectivity index (χ1n) is 8.55. The molecule has 4 heterocycles. The molecule has 6 nitrogen and oxygen atoms in total. The molecule has 126 valence electrons. The molecule has 1 aliphatic heterocycles. The normalized spacial score (nSPS) is 17.1. The van der Waals surface area contributed by atoms with Crippen LogP contribution in [0.5, 0.6) is 0 Å². The molecule has 0 N–H and O–H groups in total. The molecule has 0 amide bonds. The van der Waals surface area contributed by atoms with Crippen LogP contribution in [0.1, 0.15) is 54.9 Å². The zero-order valence-corrected chi connectivity index (χ0v) is 14.9. The summed E-state index contributed by atoms with van der Waals surface area (Å²) in [5, 5.41) is 13.0. The van der Waals surface area contributed by atoms with E-state index >= 15 is 0 Å². The lowest BCUT2D eigenvalue weighted by Crippen LogP contribution is -2.33. The van der Waals surface area contributed by atoms with Gasteiger partial charge in [0.15, 0.2) is 5.65 Å². The van der Waals surface area contributed by atoms with Crippen molar-refractivity contribution in [2.45, 2.75) is 45.1 Å². The van der Waals surface area contributed by atoms with Crippen LogP contribution in [-0.2, 0) is 6.54 Å². The molecule has 0 aromatic carbocycles. The van der Waals surface area contributed by atoms with Crippen LogP contribution in [0.15, 0.2) is 24.4 Å². The monoisotopic (exact) mass is 342 g/mol. The molecule has 1 aliphatic rings. The van der Waals surface area contributed by atoms with Gasteiger partial charge in [0.1, 0.15) is 5.82 Å². The summed E-state index contributed by atoms with van der Waals surface area (Å²) in [6, 6.07) is 6.06. The van der Waals surface area contributed by atoms with Crippen LogP contribution in [0.2, 0.25) is 0 Å². The zero-order chi connectivity index (χ0) is 16.5. The summed E-state index contributed by atoms with van der Waals surface area (Å²) in [7, 11) is 0. The summed E-state index contributed by atoms with van der Waals surface area (Å²) in [6.45, 7) is 7.51. The first-order valence-corrected chi connectivity index (χ1v) is 9.33. The van der Waals surface area contributed by atoms with E-state index in [1.54, 1.807) is 11.5 Å². The Morgan fingerprint density at radius 1 is 1.17 bits per heavy atom. The lowest BCUT2D eigenvalue weighted by molar-refractivity contribution is 0.202. The number of rotatable bonds is 4. The summed E-state index contributed by atoms with van der Waals surface area (Å²) < 4.78 is 6.27. The number of aromatic nitrogens is 5. The maximum absolute atomic E-state index is 4.43. The first-order chi connectivity index (χ1) is 11.7. The molecule has 0 radical (unpaired) electrons. The Kier molecular flexibility index (Phi) is 4.28. The van der Waals surface area contributed by atoms with Gasteiger partial charge < -0.3 is 0 Å². The highest BCUT2D eigenvalue weighted by molar-refractivity contribution is 7.05. The number of pyridine rings is 1. The summed E-state index contributed by atoms with van der Waals surface area (Å²) in [5.74, 6) is 2.04. The number of nitrogens with zero attached hydrogens (tertiary/aromatic N) is 6. The number of fused-ring (bicyclic) bond motifs is 1. The standard InChI is InChI=1S/C17H22N6S/c1-12(2)16-14(24-21-19-16)11-22-9-6-13(7-10-22)17-20-18-15-5-3-4-8-23(15)17/h3-5,8,12-13H,6-7,9-11H2,1-2H3. The fraction of sp³-hybridized carbons (Fsp3) is 0.529. The molecule has 0 bridgehead atoms. The molecule has 1 fully saturated rings. The minimum absolute atomic E-state index is 0.443. The van der Waals surface area contributed by atoms with Gasteiger partial charge in [-0.2, -0.15) is 0 Å². The molecular formula is C17H22N6S. The molecule has 1 saturated heterocycles. The van der Waals surface area contributed by atoms with Gasteiger partial charge in [0.25, 0.3) is 0 Å². The van der Waals surface area contributed by atoms with Crippen LogP contribution >= 0.6 is 11.5 Å². The van der Waals surface area contributed by atoms with Crippen LogP contribution in [0.3, 0.4) is 0 Å². The predicted molar refractivity (Wildman–Crippen MR) is 94.2 cm³/mol. The lowest BCUT2D eigenvalue weighted by atomic mass is 9.96. The van der Waals surface area contributed by atoms with E-state index in [0.717, 1.165) is 49.6 Å². The highest BCUT2D eigenvalue weighted by Crippen LogP contribution is 2.29. The molecule has 4 rings (SSSR count). The average molecular weight is 342 g/mol. The second-order valence-corrected chi connectivity index (χ2v) is 7.61. The van der Waals surface area contributed by atoms with E-state index in [-0.39, 0.29) is 0 Å². The van der Waals surface area contributed by atoms with Crippen molar-refractivity contribution in [3.05, 3.63) is 40.8 Å². The maximum atomic E-state index is 4.43. The molecule has 0 spiro atoms. The van der Waals surface area contributed by atoms with Crippen molar-refractivity contribution in [1.29, 1.82) is 0 Å². The van der Waals surface area contributed by atoms with Crippen LogP contribution in [0, 0.1) is 0 Å². The molecule has 3 aromatic heterocycles.